The second-order valence-corrected chi connectivity index (χ2v) is 8.59. The number of rotatable bonds is 8. The summed E-state index contributed by atoms with van der Waals surface area (Å²) in [5, 5.41) is 0. The van der Waals surface area contributed by atoms with E-state index in [1.807, 2.05) is 6.92 Å². The Kier molecular flexibility index (Phi) is 6.65. The lowest BCUT2D eigenvalue weighted by molar-refractivity contribution is -0.192. The molecule has 162 valence electrons. The molecule has 0 radical (unpaired) electrons. The van der Waals surface area contributed by atoms with Gasteiger partial charge in [-0.25, -0.2) is 8.78 Å². The van der Waals surface area contributed by atoms with Crippen molar-refractivity contribution in [2.75, 3.05) is 6.61 Å². The van der Waals surface area contributed by atoms with Crippen molar-refractivity contribution < 1.29 is 41.0 Å². The predicted octanol–water partition coefficient (Wildman–Crippen LogP) is 4.90. The number of halogens is 5. The molecule has 0 aromatic heterocycles. The van der Waals surface area contributed by atoms with E-state index in [0.29, 0.717) is 25.7 Å². The summed E-state index contributed by atoms with van der Waals surface area (Å²) in [6.45, 7) is 4.64. The molecule has 2 aliphatic carbocycles. The molecule has 0 heterocycles. The zero-order valence-corrected chi connectivity index (χ0v) is 16.3. The van der Waals surface area contributed by atoms with Crippen molar-refractivity contribution in [3.63, 3.8) is 0 Å². The maximum absolute atomic E-state index is 13.3. The molecule has 0 N–H and O–H groups in total. The van der Waals surface area contributed by atoms with Gasteiger partial charge in [-0.2, -0.15) is 13.2 Å². The number of fused-ring (bicyclic) bond motifs is 2. The second-order valence-electron chi connectivity index (χ2n) is 8.59. The standard InChI is InChI=1S/C19H27F5O4/c1-4-17(2,3)16(26)28-14-9-11-7-12(14)13(8-11)15(25)27-6-5-18(20,21)10-19(22,23)24/h11-14H,4-10H2,1-3H3. The van der Waals surface area contributed by atoms with Crippen LogP contribution in [0.5, 0.6) is 0 Å². The molecule has 0 aromatic carbocycles. The highest BCUT2D eigenvalue weighted by Crippen LogP contribution is 2.50. The number of ether oxygens (including phenoxy) is 2. The van der Waals surface area contributed by atoms with Gasteiger partial charge in [-0.15, -0.1) is 0 Å². The van der Waals surface area contributed by atoms with Crippen LogP contribution >= 0.6 is 0 Å². The van der Waals surface area contributed by atoms with Gasteiger partial charge in [0.15, 0.2) is 0 Å². The van der Waals surface area contributed by atoms with Gasteiger partial charge in [-0.1, -0.05) is 6.92 Å². The number of esters is 2. The molecule has 0 aromatic rings. The lowest BCUT2D eigenvalue weighted by Crippen LogP contribution is -2.38. The summed E-state index contributed by atoms with van der Waals surface area (Å²) in [5.74, 6) is -5.63. The molecule has 28 heavy (non-hydrogen) atoms. The van der Waals surface area contributed by atoms with E-state index >= 15 is 0 Å². The van der Waals surface area contributed by atoms with Gasteiger partial charge in [-0.05, 0) is 45.4 Å². The van der Waals surface area contributed by atoms with Crippen molar-refractivity contribution in [1.29, 1.82) is 0 Å². The van der Waals surface area contributed by atoms with Crippen LogP contribution < -0.4 is 0 Å². The third kappa shape index (κ3) is 5.80. The van der Waals surface area contributed by atoms with Crippen LogP contribution in [0.4, 0.5) is 22.0 Å². The molecule has 4 unspecified atom stereocenters. The Morgan fingerprint density at radius 3 is 2.21 bits per heavy atom. The third-order valence-electron chi connectivity index (χ3n) is 5.92. The maximum Gasteiger partial charge on any atom is 0.394 e. The van der Waals surface area contributed by atoms with Crippen LogP contribution in [0.3, 0.4) is 0 Å². The Balaban J connectivity index is 1.85. The molecule has 4 nitrogen and oxygen atoms in total. The van der Waals surface area contributed by atoms with Gasteiger partial charge in [0, 0.05) is 12.3 Å². The Morgan fingerprint density at radius 1 is 1.04 bits per heavy atom. The predicted molar refractivity (Wildman–Crippen MR) is 89.5 cm³/mol. The van der Waals surface area contributed by atoms with E-state index in [9.17, 15) is 31.5 Å². The molecule has 4 atom stereocenters. The van der Waals surface area contributed by atoms with Crippen LogP contribution in [-0.2, 0) is 19.1 Å². The van der Waals surface area contributed by atoms with Gasteiger partial charge in [0.25, 0.3) is 5.92 Å². The number of hydrogen-bond acceptors (Lipinski definition) is 4. The molecule has 2 saturated carbocycles. The van der Waals surface area contributed by atoms with E-state index in [4.69, 9.17) is 9.47 Å². The van der Waals surface area contributed by atoms with E-state index in [0.717, 1.165) is 0 Å². The maximum atomic E-state index is 13.3. The van der Waals surface area contributed by atoms with Gasteiger partial charge >= 0.3 is 18.1 Å². The minimum atomic E-state index is -4.98. The van der Waals surface area contributed by atoms with E-state index in [1.54, 1.807) is 13.8 Å². The van der Waals surface area contributed by atoms with Crippen molar-refractivity contribution in [1.82, 2.24) is 0 Å². The van der Waals surface area contributed by atoms with Crippen molar-refractivity contribution in [2.45, 2.75) is 77.5 Å². The summed E-state index contributed by atoms with van der Waals surface area (Å²) >= 11 is 0. The molecule has 0 saturated heterocycles. The second kappa shape index (κ2) is 8.14. The fourth-order valence-electron chi connectivity index (χ4n) is 3.92. The van der Waals surface area contributed by atoms with E-state index in [1.165, 1.54) is 0 Å². The Bertz CT molecular complexity index is 587. The first kappa shape index (κ1) is 22.9. The van der Waals surface area contributed by atoms with Gasteiger partial charge in [0.2, 0.25) is 0 Å². The van der Waals surface area contributed by atoms with Crippen molar-refractivity contribution in [3.05, 3.63) is 0 Å². The monoisotopic (exact) mass is 414 g/mol. The summed E-state index contributed by atoms with van der Waals surface area (Å²) < 4.78 is 73.3. The van der Waals surface area contributed by atoms with E-state index in [-0.39, 0.29) is 17.8 Å². The number of hydrogen-bond donors (Lipinski definition) is 0. The van der Waals surface area contributed by atoms with Crippen LogP contribution in [0.15, 0.2) is 0 Å². The van der Waals surface area contributed by atoms with Crippen LogP contribution in [-0.4, -0.2) is 36.7 Å². The lowest BCUT2D eigenvalue weighted by atomic mass is 9.86. The first-order valence-corrected chi connectivity index (χ1v) is 9.56. The molecule has 2 fully saturated rings. The Morgan fingerprint density at radius 2 is 1.68 bits per heavy atom. The van der Waals surface area contributed by atoms with Crippen LogP contribution in [0.25, 0.3) is 0 Å². The van der Waals surface area contributed by atoms with Crippen LogP contribution in [0.2, 0.25) is 0 Å². The number of carbonyl (C=O) groups excluding carboxylic acids is 2. The molecule has 9 heteroatoms. The molecule has 0 amide bonds. The average Bonchev–Trinajstić information content (AvgIpc) is 3.12. The summed E-state index contributed by atoms with van der Waals surface area (Å²) in [4.78, 5) is 24.5. The molecular weight excluding hydrogens is 387 g/mol. The Labute approximate surface area is 161 Å². The molecule has 2 bridgehead atoms. The molecule has 0 aliphatic heterocycles. The van der Waals surface area contributed by atoms with Gasteiger partial charge in [0.05, 0.1) is 17.9 Å². The topological polar surface area (TPSA) is 52.6 Å². The smallest absolute Gasteiger partial charge is 0.394 e. The quantitative estimate of drug-likeness (QED) is 0.419. The van der Waals surface area contributed by atoms with E-state index < -0.39 is 55.0 Å². The average molecular weight is 414 g/mol. The first-order valence-electron chi connectivity index (χ1n) is 9.56. The van der Waals surface area contributed by atoms with Gasteiger partial charge in [-0.3, -0.25) is 9.59 Å². The lowest BCUT2D eigenvalue weighted by Gasteiger charge is -2.31. The van der Waals surface area contributed by atoms with Crippen molar-refractivity contribution >= 4 is 11.9 Å². The highest BCUT2D eigenvalue weighted by molar-refractivity contribution is 5.76. The van der Waals surface area contributed by atoms with Crippen LogP contribution in [0, 0.1) is 23.2 Å². The van der Waals surface area contributed by atoms with Crippen molar-refractivity contribution in [3.8, 4) is 0 Å². The molecule has 2 rings (SSSR count). The highest BCUT2D eigenvalue weighted by atomic mass is 19.4. The third-order valence-corrected chi connectivity index (χ3v) is 5.92. The summed E-state index contributed by atoms with van der Waals surface area (Å²) in [6.07, 6.45) is -6.35. The fourth-order valence-corrected chi connectivity index (χ4v) is 3.92. The van der Waals surface area contributed by atoms with Gasteiger partial charge in [0.1, 0.15) is 12.5 Å². The zero-order valence-electron chi connectivity index (χ0n) is 16.3. The zero-order chi connectivity index (χ0) is 21.3. The highest BCUT2D eigenvalue weighted by Gasteiger charge is 2.52. The summed E-state index contributed by atoms with van der Waals surface area (Å²) in [5.41, 5.74) is -0.637. The fraction of sp³-hybridized carbons (Fsp3) is 0.895. The van der Waals surface area contributed by atoms with Gasteiger partial charge < -0.3 is 9.47 Å². The summed E-state index contributed by atoms with van der Waals surface area (Å²) in [7, 11) is 0. The molecule has 2 aliphatic rings. The molecular formula is C19H27F5O4. The SMILES string of the molecule is CCC(C)(C)C(=O)OC1CC2CC(C(=O)OCCC(F)(F)CC(F)(F)F)C1C2. The Hall–Kier alpha value is -1.41. The summed E-state index contributed by atoms with van der Waals surface area (Å²) in [6, 6.07) is 0. The van der Waals surface area contributed by atoms with Crippen molar-refractivity contribution in [2.24, 2.45) is 23.2 Å². The normalized spacial score (nSPS) is 27.7. The minimum Gasteiger partial charge on any atom is -0.465 e. The van der Waals surface area contributed by atoms with Crippen LogP contribution in [0.1, 0.15) is 59.3 Å². The molecule has 0 spiro atoms. The minimum absolute atomic E-state index is 0.191. The van der Waals surface area contributed by atoms with E-state index in [2.05, 4.69) is 0 Å². The first-order chi connectivity index (χ1) is 12.7. The number of carbonyl (C=O) groups is 2. The number of alkyl halides is 5. The largest absolute Gasteiger partial charge is 0.465 e.